The molecule has 0 spiro atoms. The van der Waals surface area contributed by atoms with Gasteiger partial charge >= 0.3 is 0 Å². The van der Waals surface area contributed by atoms with Crippen molar-refractivity contribution in [3.63, 3.8) is 0 Å². The Labute approximate surface area is 211 Å². The number of hydrogen-bond acceptors (Lipinski definition) is 6. The summed E-state index contributed by atoms with van der Waals surface area (Å²) in [7, 11) is 0. The molecule has 3 rings (SSSR count). The van der Waals surface area contributed by atoms with Crippen molar-refractivity contribution >= 4 is 11.0 Å². The number of hydrogen-bond donors (Lipinski definition) is 4. The smallest absolute Gasteiger partial charge is 0.200 e. The first-order valence-corrected chi connectivity index (χ1v) is 12.0. The molecular weight excluding hydrogens is 456 g/mol. The summed E-state index contributed by atoms with van der Waals surface area (Å²) in [6.45, 7) is 9.90. The lowest BCUT2D eigenvalue weighted by Gasteiger charge is -2.14. The van der Waals surface area contributed by atoms with Gasteiger partial charge in [-0.1, -0.05) is 34.9 Å². The van der Waals surface area contributed by atoms with Crippen molar-refractivity contribution in [3.8, 4) is 34.3 Å². The molecule has 0 radical (unpaired) electrons. The van der Waals surface area contributed by atoms with Crippen molar-refractivity contribution < 1.29 is 24.8 Å². The van der Waals surface area contributed by atoms with Crippen molar-refractivity contribution in [3.05, 3.63) is 80.6 Å². The molecule has 0 bridgehead atoms. The third-order valence-corrected chi connectivity index (χ3v) is 6.02. The molecule has 0 fully saturated rings. The van der Waals surface area contributed by atoms with Gasteiger partial charge in [-0.25, -0.2) is 0 Å². The molecule has 0 amide bonds. The highest BCUT2D eigenvalue weighted by molar-refractivity contribution is 5.89. The van der Waals surface area contributed by atoms with Crippen molar-refractivity contribution in [2.24, 2.45) is 0 Å². The van der Waals surface area contributed by atoms with Crippen LogP contribution in [-0.2, 0) is 12.8 Å². The van der Waals surface area contributed by atoms with E-state index >= 15 is 0 Å². The third-order valence-electron chi connectivity index (χ3n) is 6.02. The first kappa shape index (κ1) is 26.7. The van der Waals surface area contributed by atoms with Gasteiger partial charge in [-0.05, 0) is 72.4 Å². The lowest BCUT2D eigenvalue weighted by molar-refractivity contribution is 0.442. The second-order valence-electron chi connectivity index (χ2n) is 9.60. The Morgan fingerprint density at radius 2 is 1.50 bits per heavy atom. The van der Waals surface area contributed by atoms with Crippen LogP contribution < -0.4 is 5.43 Å². The van der Waals surface area contributed by atoms with E-state index in [1.807, 2.05) is 46.8 Å². The standard InChI is InChI=1S/C30H34O6/c1-17(2)7-6-8-19(5)10-13-23-29(35)27-26(16-25(33)21(28(27)34)12-9-18(3)4)36-30(23)22-14-11-20(31)15-24(22)32/h7,9-11,14-16,31-34H,6,8,12-13H2,1-5H3/b19-10-. The van der Waals surface area contributed by atoms with Crippen LogP contribution in [0.1, 0.15) is 58.6 Å². The van der Waals surface area contributed by atoms with Gasteiger partial charge in [0.05, 0.1) is 5.56 Å². The highest BCUT2D eigenvalue weighted by Crippen LogP contribution is 2.40. The van der Waals surface area contributed by atoms with Crippen LogP contribution in [0.3, 0.4) is 0 Å². The molecule has 0 aliphatic heterocycles. The number of fused-ring (bicyclic) bond motifs is 1. The summed E-state index contributed by atoms with van der Waals surface area (Å²) in [6.07, 6.45) is 8.14. The molecule has 3 aromatic rings. The number of allylic oxidation sites excluding steroid dienone is 6. The molecule has 6 heteroatoms. The SMILES string of the molecule is CC(C)=CCC/C(C)=C\Cc1c(-c2ccc(O)cc2O)oc2cc(O)c(CC=C(C)C)c(O)c2c1=O. The van der Waals surface area contributed by atoms with Gasteiger partial charge in [-0.3, -0.25) is 4.79 Å². The Kier molecular flexibility index (Phi) is 8.30. The van der Waals surface area contributed by atoms with Crippen LogP contribution in [0.4, 0.5) is 0 Å². The lowest BCUT2D eigenvalue weighted by atomic mass is 9.97. The maximum Gasteiger partial charge on any atom is 0.200 e. The molecule has 190 valence electrons. The van der Waals surface area contributed by atoms with Gasteiger partial charge in [0.1, 0.15) is 39.7 Å². The maximum atomic E-state index is 13.8. The summed E-state index contributed by atoms with van der Waals surface area (Å²) >= 11 is 0. The Bertz CT molecular complexity index is 1430. The lowest BCUT2D eigenvalue weighted by Crippen LogP contribution is -2.12. The Hall–Kier alpha value is -3.93. The number of rotatable bonds is 8. The van der Waals surface area contributed by atoms with E-state index in [0.717, 1.165) is 24.0 Å². The van der Waals surface area contributed by atoms with Crippen LogP contribution in [0.5, 0.6) is 23.0 Å². The van der Waals surface area contributed by atoms with E-state index < -0.39 is 5.43 Å². The van der Waals surface area contributed by atoms with E-state index in [9.17, 15) is 25.2 Å². The van der Waals surface area contributed by atoms with Crippen LogP contribution in [0.15, 0.2) is 68.4 Å². The van der Waals surface area contributed by atoms with E-state index in [1.54, 1.807) is 0 Å². The van der Waals surface area contributed by atoms with Crippen LogP contribution in [-0.4, -0.2) is 20.4 Å². The molecule has 36 heavy (non-hydrogen) atoms. The van der Waals surface area contributed by atoms with Gasteiger partial charge in [0.15, 0.2) is 0 Å². The molecule has 1 aromatic heterocycles. The van der Waals surface area contributed by atoms with Crippen LogP contribution in [0, 0.1) is 0 Å². The van der Waals surface area contributed by atoms with Gasteiger partial charge < -0.3 is 24.8 Å². The normalized spacial score (nSPS) is 11.5. The first-order valence-electron chi connectivity index (χ1n) is 12.0. The largest absolute Gasteiger partial charge is 0.508 e. The molecule has 0 aliphatic rings. The van der Waals surface area contributed by atoms with E-state index in [2.05, 4.69) is 6.08 Å². The summed E-state index contributed by atoms with van der Waals surface area (Å²) in [5, 5.41) is 41.8. The maximum absolute atomic E-state index is 13.8. The molecule has 2 aromatic carbocycles. The minimum atomic E-state index is -0.442. The fourth-order valence-corrected chi connectivity index (χ4v) is 3.99. The monoisotopic (exact) mass is 490 g/mol. The van der Waals surface area contributed by atoms with Crippen molar-refractivity contribution in [2.75, 3.05) is 0 Å². The molecule has 4 N–H and O–H groups in total. The van der Waals surface area contributed by atoms with Crippen molar-refractivity contribution in [1.82, 2.24) is 0 Å². The van der Waals surface area contributed by atoms with Gasteiger partial charge in [0.2, 0.25) is 5.43 Å². The zero-order chi connectivity index (χ0) is 26.6. The summed E-state index contributed by atoms with van der Waals surface area (Å²) in [6, 6.07) is 5.34. The third kappa shape index (κ3) is 6.00. The summed E-state index contributed by atoms with van der Waals surface area (Å²) in [4.78, 5) is 13.8. The van der Waals surface area contributed by atoms with Gasteiger partial charge in [-0.2, -0.15) is 0 Å². The zero-order valence-corrected chi connectivity index (χ0v) is 21.5. The molecule has 0 aliphatic carbocycles. The quantitative estimate of drug-likeness (QED) is 0.252. The molecule has 0 saturated carbocycles. The highest BCUT2D eigenvalue weighted by atomic mass is 16.3. The topological polar surface area (TPSA) is 111 Å². The Balaban J connectivity index is 2.23. The zero-order valence-electron chi connectivity index (χ0n) is 21.5. The second kappa shape index (κ2) is 11.2. The van der Waals surface area contributed by atoms with E-state index in [1.165, 1.54) is 29.8 Å². The second-order valence-corrected chi connectivity index (χ2v) is 9.60. The first-order chi connectivity index (χ1) is 17.0. The van der Waals surface area contributed by atoms with Crippen molar-refractivity contribution in [1.29, 1.82) is 0 Å². The summed E-state index contributed by atoms with van der Waals surface area (Å²) in [5.41, 5.74) is 3.64. The van der Waals surface area contributed by atoms with Crippen LogP contribution in [0.2, 0.25) is 0 Å². The Morgan fingerprint density at radius 3 is 2.14 bits per heavy atom. The van der Waals surface area contributed by atoms with E-state index in [-0.39, 0.29) is 69.3 Å². The van der Waals surface area contributed by atoms with E-state index in [4.69, 9.17) is 4.42 Å². The van der Waals surface area contributed by atoms with Crippen LogP contribution >= 0.6 is 0 Å². The average Bonchev–Trinajstić information content (AvgIpc) is 2.77. The average molecular weight is 491 g/mol. The molecular formula is C30H34O6. The summed E-state index contributed by atoms with van der Waals surface area (Å²) < 4.78 is 6.05. The Morgan fingerprint density at radius 1 is 0.833 bits per heavy atom. The fraction of sp³-hybridized carbons (Fsp3) is 0.300. The fourth-order valence-electron chi connectivity index (χ4n) is 3.99. The molecule has 1 heterocycles. The van der Waals surface area contributed by atoms with Crippen molar-refractivity contribution in [2.45, 2.75) is 60.3 Å². The number of benzene rings is 2. The summed E-state index contributed by atoms with van der Waals surface area (Å²) in [5.74, 6) is -0.770. The van der Waals surface area contributed by atoms with Gasteiger partial charge in [0, 0.05) is 23.3 Å². The minimum Gasteiger partial charge on any atom is -0.508 e. The van der Waals surface area contributed by atoms with Gasteiger partial charge in [-0.15, -0.1) is 0 Å². The van der Waals surface area contributed by atoms with Crippen LogP contribution in [0.25, 0.3) is 22.3 Å². The molecule has 6 nitrogen and oxygen atoms in total. The highest BCUT2D eigenvalue weighted by Gasteiger charge is 2.23. The number of phenolic OH excluding ortho intramolecular Hbond substituents is 4. The molecule has 0 saturated heterocycles. The van der Waals surface area contributed by atoms with Gasteiger partial charge in [0.25, 0.3) is 0 Å². The minimum absolute atomic E-state index is 0.00596. The molecule has 0 unspecified atom stereocenters. The predicted molar refractivity (Wildman–Crippen MR) is 144 cm³/mol. The molecule has 0 atom stereocenters. The number of aromatic hydroxyl groups is 4. The number of phenols is 4. The van der Waals surface area contributed by atoms with E-state index in [0.29, 0.717) is 0 Å². The predicted octanol–water partition coefficient (Wildman–Crippen LogP) is 7.03.